The van der Waals surface area contributed by atoms with Gasteiger partial charge in [-0.05, 0) is 67.5 Å². The molecule has 0 bridgehead atoms. The van der Waals surface area contributed by atoms with Gasteiger partial charge in [0, 0.05) is 36.5 Å². The molecule has 5 heterocycles. The summed E-state index contributed by atoms with van der Waals surface area (Å²) >= 11 is 0. The summed E-state index contributed by atoms with van der Waals surface area (Å²) in [6.45, 7) is 27.0. The quantitative estimate of drug-likeness (QED) is 0.137. The van der Waals surface area contributed by atoms with Gasteiger partial charge in [-0.1, -0.05) is 154 Å². The van der Waals surface area contributed by atoms with E-state index >= 15 is 0 Å². The van der Waals surface area contributed by atoms with Crippen molar-refractivity contribution >= 4 is 71.8 Å². The number of benzene rings is 3. The lowest BCUT2D eigenvalue weighted by Gasteiger charge is -2.34. The normalized spacial score (nSPS) is 20.3. The van der Waals surface area contributed by atoms with Crippen LogP contribution >= 0.6 is 0 Å². The Bertz CT molecular complexity index is 2500. The van der Waals surface area contributed by atoms with E-state index in [2.05, 4.69) is 138 Å². The Balaban J connectivity index is 0.000000204. The van der Waals surface area contributed by atoms with Gasteiger partial charge in [0.05, 0.1) is 24.2 Å². The Morgan fingerprint density at radius 1 is 0.408 bits per heavy atom. The molecule has 4 atom stereocenters. The van der Waals surface area contributed by atoms with Crippen molar-refractivity contribution in [2.24, 2.45) is 11.8 Å². The lowest BCUT2D eigenvalue weighted by Crippen LogP contribution is -2.31. The van der Waals surface area contributed by atoms with Crippen LogP contribution in [0.1, 0.15) is 126 Å². The zero-order valence-corrected chi connectivity index (χ0v) is 41.2. The summed E-state index contributed by atoms with van der Waals surface area (Å²) in [5.41, 5.74) is 8.08. The van der Waals surface area contributed by atoms with Crippen molar-refractivity contribution in [2.75, 3.05) is 0 Å². The second-order valence-corrected chi connectivity index (χ2v) is 19.7. The van der Waals surface area contributed by atoms with Crippen LogP contribution in [-0.2, 0) is 87.9 Å². The number of esters is 10. The summed E-state index contributed by atoms with van der Waals surface area (Å²) in [6, 6.07) is 22.9. The molecule has 1 aliphatic carbocycles. The predicted octanol–water partition coefficient (Wildman–Crippen LogP) is 8.48. The first-order valence-corrected chi connectivity index (χ1v) is 22.5. The van der Waals surface area contributed by atoms with Crippen molar-refractivity contribution in [2.45, 2.75) is 103 Å². The van der Waals surface area contributed by atoms with Gasteiger partial charge < -0.3 is 23.7 Å². The van der Waals surface area contributed by atoms with Gasteiger partial charge in [0.2, 0.25) is 0 Å². The highest BCUT2D eigenvalue weighted by Gasteiger charge is 2.54. The highest BCUT2D eigenvalue weighted by atomic mass is 16.6. The minimum Gasteiger partial charge on any atom is -0.393 e. The molecular weight excluding hydrogens is 913 g/mol. The molecular formula is C56H58O15. The van der Waals surface area contributed by atoms with E-state index < -0.39 is 77.4 Å². The fraction of sp³-hybridized carbons (Fsp3) is 0.321. The number of fused-ring (bicyclic) bond motifs is 3. The van der Waals surface area contributed by atoms with Gasteiger partial charge >= 0.3 is 59.7 Å². The average Bonchev–Trinajstić information content (AvgIpc) is 4.13. The minimum atomic E-state index is -0.635. The van der Waals surface area contributed by atoms with Crippen LogP contribution in [0.25, 0.3) is 12.2 Å². The Morgan fingerprint density at radius 2 is 0.761 bits per heavy atom. The van der Waals surface area contributed by atoms with Crippen LogP contribution in [0.5, 0.6) is 0 Å². The van der Waals surface area contributed by atoms with Gasteiger partial charge in [-0.3, -0.25) is 19.2 Å². The smallest absolute Gasteiger partial charge is 0.338 e. The van der Waals surface area contributed by atoms with Gasteiger partial charge in [-0.25, -0.2) is 28.8 Å². The van der Waals surface area contributed by atoms with Gasteiger partial charge in [0.1, 0.15) is 0 Å². The summed E-state index contributed by atoms with van der Waals surface area (Å²) in [4.78, 5) is 108. The number of carbonyl (C=O) groups excluding carboxylic acids is 10. The number of hydrogen-bond donors (Lipinski definition) is 0. The summed E-state index contributed by atoms with van der Waals surface area (Å²) in [7, 11) is 0. The van der Waals surface area contributed by atoms with Crippen LogP contribution in [0.15, 0.2) is 116 Å². The molecule has 3 aromatic carbocycles. The second-order valence-electron chi connectivity index (χ2n) is 19.7. The van der Waals surface area contributed by atoms with E-state index in [0.717, 1.165) is 53.1 Å². The number of cyclic esters (lactones) is 10. The molecule has 4 unspecified atom stereocenters. The number of ether oxygens (including phenoxy) is 5. The first kappa shape index (κ1) is 55.7. The SMILES string of the molecule is C=Cc1ccc(C(C)(C)C)cc1.C=Cc1ccc(C(C)(C)C)cc1.CC(C)(C)c1ccc2c(c1)C1C(=O)OC(=O)C1CC2C1CC(=O)OC1=O.O=C1C=CC(=O)O1.O=C1C=CC(=O)O1.O=C1C=CC(=O)O1. The summed E-state index contributed by atoms with van der Waals surface area (Å²) in [5, 5.41) is 0. The third-order valence-electron chi connectivity index (χ3n) is 11.4. The van der Waals surface area contributed by atoms with Crippen LogP contribution in [0.4, 0.5) is 0 Å². The van der Waals surface area contributed by atoms with E-state index in [-0.39, 0.29) is 28.6 Å². The molecule has 0 aromatic heterocycles. The molecule has 3 aromatic rings. The van der Waals surface area contributed by atoms with E-state index in [1.165, 1.54) is 22.3 Å². The topological polar surface area (TPSA) is 217 Å². The van der Waals surface area contributed by atoms with Gasteiger partial charge in [-0.2, -0.15) is 0 Å². The predicted molar refractivity (Wildman–Crippen MR) is 260 cm³/mol. The molecule has 5 aliphatic heterocycles. The van der Waals surface area contributed by atoms with E-state index in [1.807, 2.05) is 30.4 Å². The Morgan fingerprint density at radius 3 is 1.06 bits per heavy atom. The van der Waals surface area contributed by atoms with E-state index in [4.69, 9.17) is 9.47 Å². The monoisotopic (exact) mass is 970 g/mol. The van der Waals surface area contributed by atoms with E-state index in [0.29, 0.717) is 6.42 Å². The van der Waals surface area contributed by atoms with Gasteiger partial charge in [0.25, 0.3) is 0 Å². The number of hydrogen-bond acceptors (Lipinski definition) is 15. The summed E-state index contributed by atoms with van der Waals surface area (Å²) in [5.74, 6) is -7.85. The van der Waals surface area contributed by atoms with Crippen molar-refractivity contribution in [3.05, 3.63) is 155 Å². The standard InChI is InChI=1S/C20H20O6.2C12H16.3C4H2O3/c1-20(2,3)9-4-5-10-11(13-8-15(21)25-17(13)22)7-14-16(12(10)6-9)19(24)26-18(14)23;2*1-5-10-6-8-11(9-7-10)12(2,3)4;3*5-3-1-2-4(6)7-3/h4-6,11,13-14,16H,7-8H2,1-3H3;2*5-9H,1H2,2-4H3;3*1-2H. The maximum Gasteiger partial charge on any atom is 0.338 e. The minimum absolute atomic E-state index is 0.00431. The molecule has 0 N–H and O–H groups in total. The highest BCUT2D eigenvalue weighted by Crippen LogP contribution is 2.51. The van der Waals surface area contributed by atoms with Crippen LogP contribution in [0, 0.1) is 11.8 Å². The third-order valence-corrected chi connectivity index (χ3v) is 11.4. The van der Waals surface area contributed by atoms with Crippen molar-refractivity contribution in [1.82, 2.24) is 0 Å². The fourth-order valence-electron chi connectivity index (χ4n) is 7.49. The van der Waals surface area contributed by atoms with Crippen molar-refractivity contribution in [3.8, 4) is 0 Å². The molecule has 0 saturated carbocycles. The fourth-order valence-corrected chi connectivity index (χ4v) is 7.49. The largest absolute Gasteiger partial charge is 0.393 e. The molecule has 2 saturated heterocycles. The Kier molecular flexibility index (Phi) is 18.5. The Hall–Kier alpha value is -7.94. The lowest BCUT2D eigenvalue weighted by molar-refractivity contribution is -0.155. The number of rotatable bonds is 3. The zero-order chi connectivity index (χ0) is 53.0. The molecule has 0 amide bonds. The van der Waals surface area contributed by atoms with E-state index in [1.54, 1.807) is 0 Å². The van der Waals surface area contributed by atoms with Crippen LogP contribution < -0.4 is 0 Å². The molecule has 6 aliphatic rings. The van der Waals surface area contributed by atoms with Crippen molar-refractivity contribution in [3.63, 3.8) is 0 Å². The van der Waals surface area contributed by atoms with Crippen LogP contribution in [0.2, 0.25) is 0 Å². The summed E-state index contributed by atoms with van der Waals surface area (Å²) in [6.07, 6.45) is 10.6. The molecule has 71 heavy (non-hydrogen) atoms. The molecule has 9 rings (SSSR count). The first-order chi connectivity index (χ1) is 33.1. The summed E-state index contributed by atoms with van der Waals surface area (Å²) < 4.78 is 21.5. The van der Waals surface area contributed by atoms with Crippen molar-refractivity contribution < 1.29 is 71.6 Å². The first-order valence-electron chi connectivity index (χ1n) is 22.5. The maximum atomic E-state index is 12.3. The van der Waals surface area contributed by atoms with Crippen molar-refractivity contribution in [1.29, 1.82) is 0 Å². The molecule has 0 spiro atoms. The van der Waals surface area contributed by atoms with Crippen LogP contribution in [0.3, 0.4) is 0 Å². The zero-order valence-electron chi connectivity index (χ0n) is 41.2. The molecule has 15 nitrogen and oxygen atoms in total. The molecule has 15 heteroatoms. The maximum absolute atomic E-state index is 12.3. The van der Waals surface area contributed by atoms with Crippen LogP contribution in [-0.4, -0.2) is 59.7 Å². The average molecular weight is 971 g/mol. The second kappa shape index (κ2) is 23.6. The third kappa shape index (κ3) is 16.1. The number of carbonyl (C=O) groups is 10. The lowest BCUT2D eigenvalue weighted by atomic mass is 9.66. The molecule has 2 fully saturated rings. The van der Waals surface area contributed by atoms with Gasteiger partial charge in [0.15, 0.2) is 0 Å². The van der Waals surface area contributed by atoms with Gasteiger partial charge in [-0.15, -0.1) is 0 Å². The Labute approximate surface area is 412 Å². The molecule has 372 valence electrons. The van der Waals surface area contributed by atoms with E-state index in [9.17, 15) is 47.9 Å². The highest BCUT2D eigenvalue weighted by molar-refractivity contribution is 6.06. The molecule has 0 radical (unpaired) electrons.